The van der Waals surface area contributed by atoms with Crippen LogP contribution in [-0.2, 0) is 4.43 Å². The van der Waals surface area contributed by atoms with Gasteiger partial charge in [0.15, 0.2) is 0 Å². The van der Waals surface area contributed by atoms with E-state index in [9.17, 15) is 0 Å². The molecule has 0 saturated heterocycles. The molecule has 0 aliphatic carbocycles. The molecule has 0 aromatic rings. The van der Waals surface area contributed by atoms with Crippen LogP contribution in [0.3, 0.4) is 0 Å². The van der Waals surface area contributed by atoms with Crippen molar-refractivity contribution in [3.63, 3.8) is 0 Å². The summed E-state index contributed by atoms with van der Waals surface area (Å²) in [6.07, 6.45) is -2.23. The molecule has 0 atom stereocenters. The molecule has 2 radical (unpaired) electrons. The number of rotatable bonds is 5. The van der Waals surface area contributed by atoms with Crippen molar-refractivity contribution < 1.29 is 19.7 Å². The van der Waals surface area contributed by atoms with Gasteiger partial charge < -0.3 is 25.5 Å². The van der Waals surface area contributed by atoms with E-state index in [-0.39, 0.29) is 9.76 Å². The summed E-state index contributed by atoms with van der Waals surface area (Å²) in [5.74, 6) is 0. The Morgan fingerprint density at radius 3 is 2.40 bits per heavy atom. The summed E-state index contributed by atoms with van der Waals surface area (Å²) in [7, 11) is -0.140. The summed E-state index contributed by atoms with van der Waals surface area (Å²) in [4.78, 5) is 0. The zero-order valence-corrected chi connectivity index (χ0v) is 6.45. The normalized spacial score (nSPS) is 12.0. The zero-order chi connectivity index (χ0) is 8.04. The van der Waals surface area contributed by atoms with Crippen molar-refractivity contribution in [2.24, 2.45) is 5.73 Å². The van der Waals surface area contributed by atoms with Gasteiger partial charge in [-0.05, 0) is 19.0 Å². The summed E-state index contributed by atoms with van der Waals surface area (Å²) >= 11 is 0. The molecule has 0 aromatic heterocycles. The van der Waals surface area contributed by atoms with E-state index in [2.05, 4.69) is 4.43 Å². The second-order valence-electron chi connectivity index (χ2n) is 1.71. The molecule has 5 nitrogen and oxygen atoms in total. The second kappa shape index (κ2) is 4.77. The van der Waals surface area contributed by atoms with E-state index in [0.29, 0.717) is 12.6 Å². The predicted octanol–water partition coefficient (Wildman–Crippen LogP) is -2.02. The third-order valence-electron chi connectivity index (χ3n) is 0.692. The van der Waals surface area contributed by atoms with Gasteiger partial charge in [0.25, 0.3) is 0 Å². The minimum absolute atomic E-state index is 0.140. The fraction of sp³-hybridized carbons (Fsp3) is 1.00. The monoisotopic (exact) mass is 165 g/mol. The highest BCUT2D eigenvalue weighted by Gasteiger charge is 2.17. The average molecular weight is 165 g/mol. The average Bonchev–Trinajstić information content (AvgIpc) is 1.78. The Morgan fingerprint density at radius 2 is 2.00 bits per heavy atom. The summed E-state index contributed by atoms with van der Waals surface area (Å²) in [5, 5.41) is 24.5. The van der Waals surface area contributed by atoms with Gasteiger partial charge in [0.1, 0.15) is 0 Å². The van der Waals surface area contributed by atoms with Crippen LogP contribution in [0, 0.1) is 0 Å². The SMILES string of the molecule is NCCC[Si]OC(O)(O)O. The first kappa shape index (κ1) is 10.0. The maximum atomic E-state index is 8.18. The van der Waals surface area contributed by atoms with Gasteiger partial charge in [0.05, 0.1) is 0 Å². The van der Waals surface area contributed by atoms with Crippen molar-refractivity contribution in [1.82, 2.24) is 0 Å². The molecule has 0 bridgehead atoms. The maximum absolute atomic E-state index is 8.18. The highest BCUT2D eigenvalue weighted by atomic mass is 28.2. The van der Waals surface area contributed by atoms with Crippen molar-refractivity contribution in [2.45, 2.75) is 18.6 Å². The highest BCUT2D eigenvalue weighted by Crippen LogP contribution is 1.95. The van der Waals surface area contributed by atoms with Crippen molar-refractivity contribution in [2.75, 3.05) is 6.54 Å². The molecule has 0 aliphatic heterocycles. The Balaban J connectivity index is 3.04. The Morgan fingerprint density at radius 1 is 1.40 bits per heavy atom. The van der Waals surface area contributed by atoms with Gasteiger partial charge in [-0.15, -0.1) is 0 Å². The first-order chi connectivity index (χ1) is 4.56. The van der Waals surface area contributed by atoms with Crippen molar-refractivity contribution >= 4 is 9.76 Å². The van der Waals surface area contributed by atoms with Crippen molar-refractivity contribution in [3.05, 3.63) is 0 Å². The summed E-state index contributed by atoms with van der Waals surface area (Å²) in [6.45, 7) is 0.533. The quantitative estimate of drug-likeness (QED) is 0.214. The molecule has 60 valence electrons. The van der Waals surface area contributed by atoms with E-state index in [0.717, 1.165) is 6.42 Å². The zero-order valence-electron chi connectivity index (χ0n) is 5.45. The van der Waals surface area contributed by atoms with Gasteiger partial charge in [-0.1, -0.05) is 0 Å². The van der Waals surface area contributed by atoms with Gasteiger partial charge in [-0.3, -0.25) is 0 Å². The predicted molar refractivity (Wildman–Crippen MR) is 34.7 cm³/mol. The van der Waals surface area contributed by atoms with Crippen LogP contribution in [-0.4, -0.2) is 37.8 Å². The van der Waals surface area contributed by atoms with E-state index < -0.39 is 6.16 Å². The molecule has 0 fully saturated rings. The summed E-state index contributed by atoms with van der Waals surface area (Å²) < 4.78 is 4.17. The molecule has 0 unspecified atom stereocenters. The van der Waals surface area contributed by atoms with Crippen LogP contribution < -0.4 is 5.73 Å². The van der Waals surface area contributed by atoms with E-state index in [4.69, 9.17) is 21.1 Å². The van der Waals surface area contributed by atoms with E-state index in [1.54, 1.807) is 0 Å². The van der Waals surface area contributed by atoms with Crippen molar-refractivity contribution in [3.8, 4) is 0 Å². The molecule has 0 rings (SSSR count). The molecule has 0 saturated carbocycles. The van der Waals surface area contributed by atoms with E-state index in [1.165, 1.54) is 0 Å². The molecule has 0 aliphatic rings. The lowest BCUT2D eigenvalue weighted by molar-refractivity contribution is -0.421. The van der Waals surface area contributed by atoms with Crippen LogP contribution >= 0.6 is 0 Å². The standard InChI is InChI=1S/C4H11NO4Si/c5-2-1-3-10-9-4(6,7)8/h6-8H,1-3,5H2. The second-order valence-corrected chi connectivity index (χ2v) is 2.71. The molecule has 10 heavy (non-hydrogen) atoms. The van der Waals surface area contributed by atoms with E-state index >= 15 is 0 Å². The number of aliphatic hydroxyl groups is 3. The Kier molecular flexibility index (Phi) is 4.78. The lowest BCUT2D eigenvalue weighted by Crippen LogP contribution is -2.32. The molecule has 0 heterocycles. The first-order valence-electron chi connectivity index (χ1n) is 2.84. The number of nitrogens with two attached hydrogens (primary N) is 1. The smallest absolute Gasteiger partial charge is 0.347 e. The molecule has 6 heteroatoms. The topological polar surface area (TPSA) is 95.9 Å². The van der Waals surface area contributed by atoms with Crippen LogP contribution in [0.5, 0.6) is 0 Å². The van der Waals surface area contributed by atoms with Crippen LogP contribution in [0.1, 0.15) is 6.42 Å². The lowest BCUT2D eigenvalue weighted by atomic mass is 10.5. The van der Waals surface area contributed by atoms with Gasteiger partial charge >= 0.3 is 6.16 Å². The number of hydrogen-bond donors (Lipinski definition) is 4. The summed E-state index contributed by atoms with van der Waals surface area (Å²) in [6, 6.07) is 0.625. The molecule has 5 N–H and O–H groups in total. The van der Waals surface area contributed by atoms with Gasteiger partial charge in [0, 0.05) is 0 Å². The molecule has 0 spiro atoms. The minimum Gasteiger partial charge on any atom is -0.347 e. The molecule has 0 amide bonds. The minimum atomic E-state index is -2.98. The largest absolute Gasteiger partial charge is 0.394 e. The van der Waals surface area contributed by atoms with Crippen molar-refractivity contribution in [1.29, 1.82) is 0 Å². The number of hydrogen-bond acceptors (Lipinski definition) is 5. The maximum Gasteiger partial charge on any atom is 0.394 e. The Bertz CT molecular complexity index is 83.8. The first-order valence-corrected chi connectivity index (χ1v) is 3.96. The Hall–Kier alpha value is 0.0169. The highest BCUT2D eigenvalue weighted by molar-refractivity contribution is 6.27. The summed E-state index contributed by atoms with van der Waals surface area (Å²) in [5.41, 5.74) is 5.14. The fourth-order valence-electron chi connectivity index (χ4n) is 0.322. The third-order valence-corrected chi connectivity index (χ3v) is 1.67. The Labute approximate surface area is 61.4 Å². The van der Waals surface area contributed by atoms with Crippen LogP contribution in [0.2, 0.25) is 6.04 Å². The third kappa shape index (κ3) is 8.02. The lowest BCUT2D eigenvalue weighted by Gasteiger charge is -2.12. The van der Waals surface area contributed by atoms with Crippen LogP contribution in [0.4, 0.5) is 0 Å². The molecular formula is C4H11NO4Si. The molecular weight excluding hydrogens is 154 g/mol. The van der Waals surface area contributed by atoms with Crippen LogP contribution in [0.15, 0.2) is 0 Å². The van der Waals surface area contributed by atoms with Gasteiger partial charge in [0.2, 0.25) is 9.76 Å². The van der Waals surface area contributed by atoms with Gasteiger partial charge in [-0.25, -0.2) is 0 Å². The molecule has 0 aromatic carbocycles. The fourth-order valence-corrected chi connectivity index (χ4v) is 0.966. The van der Waals surface area contributed by atoms with Gasteiger partial charge in [-0.2, -0.15) is 0 Å². The van der Waals surface area contributed by atoms with E-state index in [1.807, 2.05) is 0 Å². The van der Waals surface area contributed by atoms with Crippen LogP contribution in [0.25, 0.3) is 0 Å².